The van der Waals surface area contributed by atoms with Crippen LogP contribution in [0.15, 0.2) is 0 Å². The van der Waals surface area contributed by atoms with Gasteiger partial charge in [0.2, 0.25) is 0 Å². The minimum absolute atomic E-state index is 0.0366. The third-order valence-electron chi connectivity index (χ3n) is 3.40. The van der Waals surface area contributed by atoms with E-state index in [9.17, 15) is 27.6 Å². The van der Waals surface area contributed by atoms with Crippen molar-refractivity contribution >= 4 is 33.7 Å². The zero-order valence-electron chi connectivity index (χ0n) is 15.3. The Morgan fingerprint density at radius 1 is 0.923 bits per heavy atom. The molecule has 0 aromatic carbocycles. The van der Waals surface area contributed by atoms with Gasteiger partial charge < -0.3 is 9.53 Å². The van der Waals surface area contributed by atoms with Crippen LogP contribution in [0.5, 0.6) is 0 Å². The third kappa shape index (κ3) is 12.7. The van der Waals surface area contributed by atoms with Crippen molar-refractivity contribution in [3.8, 4) is 0 Å². The summed E-state index contributed by atoms with van der Waals surface area (Å²) in [5.41, 5.74) is 0. The van der Waals surface area contributed by atoms with E-state index >= 15 is 0 Å². The summed E-state index contributed by atoms with van der Waals surface area (Å²) in [4.78, 5) is 45.8. The summed E-state index contributed by atoms with van der Waals surface area (Å²) in [6.45, 7) is 2.38. The molecule has 0 aliphatic heterocycles. The molecule has 10 heteroatoms. The van der Waals surface area contributed by atoms with Crippen molar-refractivity contribution in [1.29, 1.82) is 0 Å². The van der Waals surface area contributed by atoms with Gasteiger partial charge in [0.25, 0.3) is 0 Å². The lowest BCUT2D eigenvalue weighted by Gasteiger charge is -2.16. The molecule has 0 fully saturated rings. The SMILES string of the molecule is CCC(=O)OC(CCC(C)=O)CCC(=O)CCC(=O)COS(=O)(=O)OC. The molecule has 0 heterocycles. The second-order valence-corrected chi connectivity index (χ2v) is 7.04. The van der Waals surface area contributed by atoms with Crippen LogP contribution in [0.2, 0.25) is 0 Å². The maximum absolute atomic E-state index is 11.9. The molecule has 0 spiro atoms. The van der Waals surface area contributed by atoms with Crippen LogP contribution >= 0.6 is 0 Å². The molecule has 0 aromatic rings. The number of carbonyl (C=O) groups is 4. The fraction of sp³-hybridized carbons (Fsp3) is 0.750. The Hall–Kier alpha value is -1.65. The molecule has 0 aliphatic rings. The molecule has 1 unspecified atom stereocenters. The molecule has 0 rings (SSSR count). The van der Waals surface area contributed by atoms with E-state index in [0.717, 1.165) is 7.11 Å². The molecule has 0 aromatic heterocycles. The van der Waals surface area contributed by atoms with Crippen molar-refractivity contribution in [1.82, 2.24) is 0 Å². The fourth-order valence-corrected chi connectivity index (χ4v) is 2.25. The predicted molar refractivity (Wildman–Crippen MR) is 90.4 cm³/mol. The maximum atomic E-state index is 11.9. The molecule has 0 N–H and O–H groups in total. The van der Waals surface area contributed by atoms with Gasteiger partial charge in [0, 0.05) is 32.1 Å². The monoisotopic (exact) mass is 394 g/mol. The van der Waals surface area contributed by atoms with Gasteiger partial charge >= 0.3 is 16.4 Å². The van der Waals surface area contributed by atoms with Gasteiger partial charge in [-0.05, 0) is 19.8 Å². The summed E-state index contributed by atoms with van der Waals surface area (Å²) in [5, 5.41) is 0. The Bertz CT molecular complexity index is 595. The normalized spacial score (nSPS) is 12.4. The average Bonchev–Trinajstić information content (AvgIpc) is 2.60. The first kappa shape index (κ1) is 24.4. The molecular formula is C16H26O9S. The second kappa shape index (κ2) is 12.7. The lowest BCUT2D eigenvalue weighted by atomic mass is 10.0. The molecule has 9 nitrogen and oxygen atoms in total. The average molecular weight is 394 g/mol. The zero-order valence-corrected chi connectivity index (χ0v) is 16.1. The van der Waals surface area contributed by atoms with Crippen LogP contribution in [0.25, 0.3) is 0 Å². The topological polar surface area (TPSA) is 130 Å². The first-order chi connectivity index (χ1) is 12.1. The number of hydrogen-bond donors (Lipinski definition) is 0. The smallest absolute Gasteiger partial charge is 0.400 e. The summed E-state index contributed by atoms with van der Waals surface area (Å²) in [6, 6.07) is 0. The largest absolute Gasteiger partial charge is 0.462 e. The molecule has 1 atom stereocenters. The van der Waals surface area contributed by atoms with E-state index in [4.69, 9.17) is 4.74 Å². The molecule has 0 bridgehead atoms. The minimum Gasteiger partial charge on any atom is -0.462 e. The molecule has 0 saturated carbocycles. The number of esters is 1. The van der Waals surface area contributed by atoms with E-state index in [2.05, 4.69) is 8.37 Å². The Kier molecular flexibility index (Phi) is 11.9. The zero-order chi connectivity index (χ0) is 20.2. The minimum atomic E-state index is -4.18. The number of ketones is 3. The maximum Gasteiger partial charge on any atom is 0.400 e. The standard InChI is InChI=1S/C16H26O9S/c1-4-16(20)25-15(9-5-12(2)17)10-8-13(18)6-7-14(19)11-24-26(21,22)23-3/h15H,4-11H2,1-3H3. The lowest BCUT2D eigenvalue weighted by Crippen LogP contribution is -2.20. The number of rotatable bonds is 15. The van der Waals surface area contributed by atoms with Gasteiger partial charge in [0.15, 0.2) is 5.78 Å². The van der Waals surface area contributed by atoms with Crippen LogP contribution in [0, 0.1) is 0 Å². The van der Waals surface area contributed by atoms with Gasteiger partial charge in [-0.15, -0.1) is 0 Å². The third-order valence-corrected chi connectivity index (χ3v) is 4.22. The van der Waals surface area contributed by atoms with Gasteiger partial charge in [0.05, 0.1) is 7.11 Å². The summed E-state index contributed by atoms with van der Waals surface area (Å²) in [5.74, 6) is -1.22. The first-order valence-electron chi connectivity index (χ1n) is 8.26. The van der Waals surface area contributed by atoms with Crippen molar-refractivity contribution in [3.63, 3.8) is 0 Å². The van der Waals surface area contributed by atoms with E-state index in [0.29, 0.717) is 6.42 Å². The Morgan fingerprint density at radius 3 is 2.04 bits per heavy atom. The highest BCUT2D eigenvalue weighted by Crippen LogP contribution is 2.13. The number of ether oxygens (including phenoxy) is 1. The van der Waals surface area contributed by atoms with Crippen molar-refractivity contribution < 1.29 is 40.7 Å². The predicted octanol–water partition coefficient (Wildman–Crippen LogP) is 1.28. The molecule has 0 amide bonds. The van der Waals surface area contributed by atoms with Crippen molar-refractivity contribution in [3.05, 3.63) is 0 Å². The first-order valence-corrected chi connectivity index (χ1v) is 9.60. The van der Waals surface area contributed by atoms with E-state index in [1.807, 2.05) is 0 Å². The molecule has 0 saturated heterocycles. The Balaban J connectivity index is 4.26. The van der Waals surface area contributed by atoms with Crippen molar-refractivity contribution in [2.45, 2.75) is 64.9 Å². The second-order valence-electron chi connectivity index (χ2n) is 5.66. The summed E-state index contributed by atoms with van der Waals surface area (Å²) >= 11 is 0. The van der Waals surface area contributed by atoms with Gasteiger partial charge in [-0.25, -0.2) is 4.18 Å². The van der Waals surface area contributed by atoms with Crippen molar-refractivity contribution in [2.75, 3.05) is 13.7 Å². The molecule has 0 radical (unpaired) electrons. The number of Topliss-reactive ketones (excluding diaryl/α,β-unsaturated/α-hetero) is 3. The highest BCUT2D eigenvalue weighted by atomic mass is 32.3. The van der Waals surface area contributed by atoms with Gasteiger partial charge in [0.1, 0.15) is 24.3 Å². The van der Waals surface area contributed by atoms with Crippen LogP contribution in [0.1, 0.15) is 58.8 Å². The van der Waals surface area contributed by atoms with Gasteiger partial charge in [-0.3, -0.25) is 18.6 Å². The number of carbonyl (C=O) groups excluding carboxylic acids is 4. The Morgan fingerprint density at radius 2 is 1.50 bits per heavy atom. The molecule has 0 aliphatic carbocycles. The molecular weight excluding hydrogens is 368 g/mol. The van der Waals surface area contributed by atoms with E-state index in [1.165, 1.54) is 6.92 Å². The highest BCUT2D eigenvalue weighted by Gasteiger charge is 2.17. The van der Waals surface area contributed by atoms with Crippen LogP contribution in [0.4, 0.5) is 0 Å². The lowest BCUT2D eigenvalue weighted by molar-refractivity contribution is -0.150. The van der Waals surface area contributed by atoms with E-state index < -0.39 is 34.9 Å². The number of hydrogen-bond acceptors (Lipinski definition) is 9. The van der Waals surface area contributed by atoms with Crippen LogP contribution in [-0.4, -0.2) is 51.6 Å². The van der Waals surface area contributed by atoms with Crippen molar-refractivity contribution in [2.24, 2.45) is 0 Å². The van der Waals surface area contributed by atoms with Crippen LogP contribution < -0.4 is 0 Å². The highest BCUT2D eigenvalue weighted by molar-refractivity contribution is 7.81. The van der Waals surface area contributed by atoms with Gasteiger partial charge in [-0.2, -0.15) is 8.42 Å². The Labute approximate surface area is 153 Å². The van der Waals surface area contributed by atoms with Crippen LogP contribution in [-0.2, 0) is 42.7 Å². The van der Waals surface area contributed by atoms with E-state index in [1.54, 1.807) is 6.92 Å². The van der Waals surface area contributed by atoms with Gasteiger partial charge in [-0.1, -0.05) is 6.92 Å². The summed E-state index contributed by atoms with van der Waals surface area (Å²) in [7, 11) is -3.28. The molecule has 26 heavy (non-hydrogen) atoms. The van der Waals surface area contributed by atoms with E-state index in [-0.39, 0.29) is 50.1 Å². The summed E-state index contributed by atoms with van der Waals surface area (Å²) < 4.78 is 35.3. The van der Waals surface area contributed by atoms with Crippen LogP contribution in [0.3, 0.4) is 0 Å². The fourth-order valence-electron chi connectivity index (χ4n) is 1.88. The quantitative estimate of drug-likeness (QED) is 0.377. The summed E-state index contributed by atoms with van der Waals surface area (Å²) in [6.07, 6.45) is 0.381. The molecule has 150 valence electrons.